The molecule has 0 fully saturated rings. The zero-order chi connectivity index (χ0) is 18.6. The van der Waals surface area contributed by atoms with Gasteiger partial charge in [-0.1, -0.05) is 54.6 Å². The standard InChI is InChI=1S/C23H23N3S/c1-17-16-21(24-18-10-4-2-5-11-18)20-14-8-9-15-22(20)26(17)23(27)25-19-12-6-3-7-13-19/h2-15,17,21,24H,16H2,1H3,(H,25,27)/t17-,21+/m1/s1. The molecule has 2 atom stereocenters. The molecule has 0 bridgehead atoms. The first kappa shape index (κ1) is 17.6. The second-order valence-corrected chi connectivity index (χ2v) is 7.26. The van der Waals surface area contributed by atoms with Crippen molar-refractivity contribution in [1.29, 1.82) is 0 Å². The highest BCUT2D eigenvalue weighted by Crippen LogP contribution is 2.39. The van der Waals surface area contributed by atoms with Gasteiger partial charge in [-0.2, -0.15) is 0 Å². The van der Waals surface area contributed by atoms with Crippen molar-refractivity contribution >= 4 is 34.4 Å². The van der Waals surface area contributed by atoms with Crippen LogP contribution in [0.15, 0.2) is 84.9 Å². The first-order valence-corrected chi connectivity index (χ1v) is 9.69. The van der Waals surface area contributed by atoms with Gasteiger partial charge in [0.25, 0.3) is 0 Å². The minimum Gasteiger partial charge on any atom is -0.378 e. The first-order chi connectivity index (χ1) is 13.2. The number of benzene rings is 3. The molecule has 3 aromatic rings. The molecule has 136 valence electrons. The number of nitrogens with one attached hydrogen (secondary N) is 2. The molecule has 0 radical (unpaired) electrons. The van der Waals surface area contributed by atoms with Crippen LogP contribution in [0.3, 0.4) is 0 Å². The molecule has 0 saturated heterocycles. The van der Waals surface area contributed by atoms with E-state index in [1.165, 1.54) is 5.56 Å². The minimum absolute atomic E-state index is 0.259. The predicted octanol–water partition coefficient (Wildman–Crippen LogP) is 5.84. The van der Waals surface area contributed by atoms with E-state index in [4.69, 9.17) is 12.2 Å². The van der Waals surface area contributed by atoms with Crippen molar-refractivity contribution in [1.82, 2.24) is 0 Å². The minimum atomic E-state index is 0.259. The fourth-order valence-corrected chi connectivity index (χ4v) is 4.10. The monoisotopic (exact) mass is 373 g/mol. The molecule has 1 aliphatic rings. The summed E-state index contributed by atoms with van der Waals surface area (Å²) in [6.07, 6.45) is 0.975. The first-order valence-electron chi connectivity index (χ1n) is 9.28. The lowest BCUT2D eigenvalue weighted by Crippen LogP contribution is -2.46. The predicted molar refractivity (Wildman–Crippen MR) is 118 cm³/mol. The number of para-hydroxylation sites is 3. The van der Waals surface area contributed by atoms with Gasteiger partial charge in [-0.25, -0.2) is 0 Å². The molecule has 0 unspecified atom stereocenters. The van der Waals surface area contributed by atoms with Gasteiger partial charge in [-0.05, 0) is 61.5 Å². The lowest BCUT2D eigenvalue weighted by atomic mass is 9.91. The lowest BCUT2D eigenvalue weighted by molar-refractivity contribution is 0.563. The lowest BCUT2D eigenvalue weighted by Gasteiger charge is -2.41. The average molecular weight is 374 g/mol. The quantitative estimate of drug-likeness (QED) is 0.564. The normalized spacial score (nSPS) is 18.5. The van der Waals surface area contributed by atoms with Gasteiger partial charge in [-0.15, -0.1) is 0 Å². The van der Waals surface area contributed by atoms with Crippen LogP contribution in [0, 0.1) is 0 Å². The topological polar surface area (TPSA) is 27.3 Å². The molecule has 0 amide bonds. The van der Waals surface area contributed by atoms with Crippen LogP contribution in [0.2, 0.25) is 0 Å². The van der Waals surface area contributed by atoms with Gasteiger partial charge in [0.1, 0.15) is 0 Å². The smallest absolute Gasteiger partial charge is 0.178 e. The summed E-state index contributed by atoms with van der Waals surface area (Å²) in [4.78, 5) is 2.24. The molecule has 4 rings (SSSR count). The van der Waals surface area contributed by atoms with E-state index in [0.29, 0.717) is 0 Å². The zero-order valence-corrected chi connectivity index (χ0v) is 16.1. The third kappa shape index (κ3) is 3.81. The Hall–Kier alpha value is -2.85. The number of anilines is 3. The van der Waals surface area contributed by atoms with Gasteiger partial charge in [-0.3, -0.25) is 0 Å². The summed E-state index contributed by atoms with van der Waals surface area (Å²) >= 11 is 5.77. The van der Waals surface area contributed by atoms with Gasteiger partial charge in [0.2, 0.25) is 0 Å². The summed E-state index contributed by atoms with van der Waals surface area (Å²) in [5.74, 6) is 0. The number of thiocarbonyl (C=S) groups is 1. The number of hydrogen-bond acceptors (Lipinski definition) is 2. The number of nitrogens with zero attached hydrogens (tertiary/aromatic N) is 1. The van der Waals surface area contributed by atoms with Crippen molar-refractivity contribution < 1.29 is 0 Å². The second-order valence-electron chi connectivity index (χ2n) is 6.87. The second kappa shape index (κ2) is 7.80. The fraction of sp³-hybridized carbons (Fsp3) is 0.174. The van der Waals surface area contributed by atoms with E-state index in [-0.39, 0.29) is 12.1 Å². The Labute approximate surface area is 166 Å². The summed E-state index contributed by atoms with van der Waals surface area (Å²) in [7, 11) is 0. The summed E-state index contributed by atoms with van der Waals surface area (Å²) in [5.41, 5.74) is 4.59. The van der Waals surface area contributed by atoms with E-state index in [1.807, 2.05) is 36.4 Å². The van der Waals surface area contributed by atoms with Crippen molar-refractivity contribution in [3.05, 3.63) is 90.5 Å². The fourth-order valence-electron chi connectivity index (χ4n) is 3.70. The highest BCUT2D eigenvalue weighted by Gasteiger charge is 2.32. The molecule has 0 aliphatic carbocycles. The molecule has 3 aromatic carbocycles. The van der Waals surface area contributed by atoms with Crippen molar-refractivity contribution in [2.45, 2.75) is 25.4 Å². The van der Waals surface area contributed by atoms with Crippen molar-refractivity contribution in [3.63, 3.8) is 0 Å². The Morgan fingerprint density at radius 3 is 2.15 bits per heavy atom. The van der Waals surface area contributed by atoms with Crippen LogP contribution in [0.25, 0.3) is 0 Å². The number of hydrogen-bond donors (Lipinski definition) is 2. The highest BCUT2D eigenvalue weighted by molar-refractivity contribution is 7.80. The summed E-state index contributed by atoms with van der Waals surface area (Å²) in [6.45, 7) is 2.23. The van der Waals surface area contributed by atoms with Crippen LogP contribution in [-0.4, -0.2) is 11.2 Å². The molecule has 0 saturated carbocycles. The van der Waals surface area contributed by atoms with Crippen molar-refractivity contribution in [2.24, 2.45) is 0 Å². The summed E-state index contributed by atoms with van der Waals surface area (Å²) < 4.78 is 0. The van der Waals surface area contributed by atoms with Crippen LogP contribution in [0.1, 0.15) is 24.9 Å². The van der Waals surface area contributed by atoms with Gasteiger partial charge in [0.05, 0.1) is 6.04 Å². The van der Waals surface area contributed by atoms with Crippen LogP contribution in [0.4, 0.5) is 17.1 Å². The molecule has 2 N–H and O–H groups in total. The van der Waals surface area contributed by atoms with E-state index in [0.717, 1.165) is 28.6 Å². The van der Waals surface area contributed by atoms with E-state index < -0.39 is 0 Å². The van der Waals surface area contributed by atoms with Crippen LogP contribution < -0.4 is 15.5 Å². The molecule has 3 nitrogen and oxygen atoms in total. The maximum Gasteiger partial charge on any atom is 0.178 e. The van der Waals surface area contributed by atoms with Crippen molar-refractivity contribution in [3.8, 4) is 0 Å². The molecule has 1 aliphatic heterocycles. The molecule has 1 heterocycles. The molecule has 4 heteroatoms. The van der Waals surface area contributed by atoms with E-state index in [9.17, 15) is 0 Å². The van der Waals surface area contributed by atoms with Gasteiger partial charge >= 0.3 is 0 Å². The Morgan fingerprint density at radius 2 is 1.44 bits per heavy atom. The maximum absolute atomic E-state index is 5.77. The third-order valence-electron chi connectivity index (χ3n) is 4.95. The Balaban J connectivity index is 1.62. The van der Waals surface area contributed by atoms with Crippen LogP contribution in [-0.2, 0) is 0 Å². The largest absolute Gasteiger partial charge is 0.378 e. The Kier molecular flexibility index (Phi) is 5.07. The highest BCUT2D eigenvalue weighted by atomic mass is 32.1. The van der Waals surface area contributed by atoms with Crippen molar-refractivity contribution in [2.75, 3.05) is 15.5 Å². The summed E-state index contributed by atoms with van der Waals surface area (Å²) in [5, 5.41) is 7.81. The van der Waals surface area contributed by atoms with Gasteiger partial charge in [0.15, 0.2) is 5.11 Å². The molecule has 27 heavy (non-hydrogen) atoms. The summed E-state index contributed by atoms with van der Waals surface area (Å²) in [6, 6.07) is 29.6. The zero-order valence-electron chi connectivity index (χ0n) is 15.3. The third-order valence-corrected chi connectivity index (χ3v) is 5.25. The molecular formula is C23H23N3S. The van der Waals surface area contributed by atoms with E-state index >= 15 is 0 Å². The van der Waals surface area contributed by atoms with Crippen LogP contribution >= 0.6 is 12.2 Å². The number of fused-ring (bicyclic) bond motifs is 1. The molecular weight excluding hydrogens is 350 g/mol. The van der Waals surface area contributed by atoms with Gasteiger partial charge < -0.3 is 15.5 Å². The van der Waals surface area contributed by atoms with E-state index in [2.05, 4.69) is 71.0 Å². The Bertz CT molecular complexity index is 911. The van der Waals surface area contributed by atoms with Crippen LogP contribution in [0.5, 0.6) is 0 Å². The molecule has 0 spiro atoms. The van der Waals surface area contributed by atoms with E-state index in [1.54, 1.807) is 0 Å². The molecule has 0 aromatic heterocycles. The SMILES string of the molecule is C[C@@H]1C[C@H](Nc2ccccc2)c2ccccc2N1C(=S)Nc1ccccc1. The number of rotatable bonds is 3. The van der Waals surface area contributed by atoms with Gasteiger partial charge in [0, 0.05) is 23.1 Å². The maximum atomic E-state index is 5.77. The average Bonchev–Trinajstić information content (AvgIpc) is 2.69. The Morgan fingerprint density at radius 1 is 0.852 bits per heavy atom.